The van der Waals surface area contributed by atoms with Crippen molar-refractivity contribution >= 4 is 5.97 Å². The number of carbonyl (C=O) groups excluding carboxylic acids is 1. The van der Waals surface area contributed by atoms with E-state index in [1.54, 1.807) is 0 Å². The van der Waals surface area contributed by atoms with Gasteiger partial charge in [0.05, 0.1) is 12.0 Å². The number of hydrogen-bond donors (Lipinski definition) is 0. The molecule has 0 spiro atoms. The molecule has 1 aliphatic carbocycles. The van der Waals surface area contributed by atoms with Crippen molar-refractivity contribution in [2.24, 2.45) is 17.8 Å². The highest BCUT2D eigenvalue weighted by atomic mass is 16.5. The summed E-state index contributed by atoms with van der Waals surface area (Å²) in [6, 6.07) is 0. The van der Waals surface area contributed by atoms with Crippen molar-refractivity contribution in [3.8, 4) is 0 Å². The van der Waals surface area contributed by atoms with E-state index in [9.17, 15) is 4.79 Å². The fraction of sp³-hybridized carbons (Fsp3) is 0.941. The minimum Gasteiger partial charge on any atom is -0.462 e. The Labute approximate surface area is 118 Å². The molecule has 2 fully saturated rings. The van der Waals surface area contributed by atoms with Crippen LogP contribution >= 0.6 is 0 Å². The monoisotopic (exact) mass is 266 g/mol. The van der Waals surface area contributed by atoms with Crippen LogP contribution in [0, 0.1) is 17.8 Å². The zero-order chi connectivity index (χ0) is 13.7. The molecule has 0 radical (unpaired) electrons. The van der Waals surface area contributed by atoms with Crippen LogP contribution in [0.1, 0.15) is 78.1 Å². The summed E-state index contributed by atoms with van der Waals surface area (Å²) >= 11 is 0. The van der Waals surface area contributed by atoms with Gasteiger partial charge in [0.1, 0.15) is 0 Å². The lowest BCUT2D eigenvalue weighted by atomic mass is 9.77. The van der Waals surface area contributed by atoms with Crippen molar-refractivity contribution in [1.82, 2.24) is 0 Å². The summed E-state index contributed by atoms with van der Waals surface area (Å²) in [5, 5.41) is 0. The Hall–Kier alpha value is -0.530. The van der Waals surface area contributed by atoms with E-state index < -0.39 is 0 Å². The first-order valence-corrected chi connectivity index (χ1v) is 8.39. The van der Waals surface area contributed by atoms with E-state index >= 15 is 0 Å². The van der Waals surface area contributed by atoms with Gasteiger partial charge in [0, 0.05) is 0 Å². The van der Waals surface area contributed by atoms with E-state index in [1.165, 1.54) is 44.9 Å². The van der Waals surface area contributed by atoms with Gasteiger partial charge >= 0.3 is 5.97 Å². The molecule has 2 unspecified atom stereocenters. The van der Waals surface area contributed by atoms with Crippen LogP contribution in [0.5, 0.6) is 0 Å². The summed E-state index contributed by atoms with van der Waals surface area (Å²) < 4.78 is 5.35. The lowest BCUT2D eigenvalue weighted by Gasteiger charge is -2.30. The number of carbonyl (C=O) groups is 1. The highest BCUT2D eigenvalue weighted by Gasteiger charge is 2.29. The number of esters is 1. The molecule has 1 heterocycles. The summed E-state index contributed by atoms with van der Waals surface area (Å²) in [6.07, 6.45) is 12.9. The summed E-state index contributed by atoms with van der Waals surface area (Å²) in [5.74, 6) is 2.13. The summed E-state index contributed by atoms with van der Waals surface area (Å²) in [4.78, 5) is 11.8. The predicted octanol–water partition coefficient (Wildman–Crippen LogP) is 4.71. The molecule has 1 saturated carbocycles. The topological polar surface area (TPSA) is 26.3 Å². The Morgan fingerprint density at radius 3 is 2.16 bits per heavy atom. The Balaban J connectivity index is 1.65. The van der Waals surface area contributed by atoms with E-state index in [1.807, 2.05) is 6.92 Å². The Bertz CT molecular complexity index is 279. The molecule has 0 aromatic carbocycles. The van der Waals surface area contributed by atoms with Crippen LogP contribution < -0.4 is 0 Å². The SMILES string of the molecule is CCCC1CCC(CCC2CCC(C)OC2=O)CC1. The molecule has 110 valence electrons. The zero-order valence-electron chi connectivity index (χ0n) is 12.7. The summed E-state index contributed by atoms with van der Waals surface area (Å²) in [5.41, 5.74) is 0. The van der Waals surface area contributed by atoms with Crippen molar-refractivity contribution in [2.45, 2.75) is 84.2 Å². The molecule has 0 aromatic rings. The van der Waals surface area contributed by atoms with Crippen LogP contribution in [0.3, 0.4) is 0 Å². The average Bonchev–Trinajstić information content (AvgIpc) is 2.40. The smallest absolute Gasteiger partial charge is 0.309 e. The molecule has 1 aliphatic heterocycles. The second-order valence-corrected chi connectivity index (χ2v) is 6.77. The maximum atomic E-state index is 11.8. The fourth-order valence-electron chi connectivity index (χ4n) is 3.82. The second-order valence-electron chi connectivity index (χ2n) is 6.77. The van der Waals surface area contributed by atoms with E-state index in [-0.39, 0.29) is 18.0 Å². The lowest BCUT2D eigenvalue weighted by Crippen LogP contribution is -2.29. The normalized spacial score (nSPS) is 36.0. The molecule has 19 heavy (non-hydrogen) atoms. The van der Waals surface area contributed by atoms with Gasteiger partial charge in [0.15, 0.2) is 0 Å². The van der Waals surface area contributed by atoms with E-state index in [0.717, 1.165) is 31.1 Å². The van der Waals surface area contributed by atoms with Gasteiger partial charge in [-0.05, 0) is 44.4 Å². The molecule has 2 aliphatic rings. The first-order chi connectivity index (χ1) is 9.19. The van der Waals surface area contributed by atoms with Gasteiger partial charge in [0.25, 0.3) is 0 Å². The van der Waals surface area contributed by atoms with Gasteiger partial charge < -0.3 is 4.74 Å². The van der Waals surface area contributed by atoms with Crippen LogP contribution in [-0.4, -0.2) is 12.1 Å². The Kier molecular flexibility index (Phi) is 5.72. The van der Waals surface area contributed by atoms with Crippen molar-refractivity contribution < 1.29 is 9.53 Å². The van der Waals surface area contributed by atoms with Gasteiger partial charge in [-0.15, -0.1) is 0 Å². The summed E-state index contributed by atoms with van der Waals surface area (Å²) in [7, 11) is 0. The largest absolute Gasteiger partial charge is 0.462 e. The molecule has 1 saturated heterocycles. The summed E-state index contributed by atoms with van der Waals surface area (Å²) in [6.45, 7) is 4.30. The van der Waals surface area contributed by atoms with Crippen LogP contribution in [-0.2, 0) is 9.53 Å². The van der Waals surface area contributed by atoms with E-state index in [2.05, 4.69) is 6.92 Å². The fourth-order valence-corrected chi connectivity index (χ4v) is 3.82. The van der Waals surface area contributed by atoms with Crippen LogP contribution in [0.4, 0.5) is 0 Å². The molecule has 0 bridgehead atoms. The molecule has 2 atom stereocenters. The molecule has 0 N–H and O–H groups in total. The number of ether oxygens (including phenoxy) is 1. The third-order valence-electron chi connectivity index (χ3n) is 5.16. The first-order valence-electron chi connectivity index (χ1n) is 8.39. The molecule has 0 amide bonds. The lowest BCUT2D eigenvalue weighted by molar-refractivity contribution is -0.159. The number of rotatable bonds is 5. The Morgan fingerprint density at radius 2 is 1.58 bits per heavy atom. The van der Waals surface area contributed by atoms with E-state index in [4.69, 9.17) is 4.74 Å². The minimum absolute atomic E-state index is 0.0680. The third kappa shape index (κ3) is 4.50. The highest BCUT2D eigenvalue weighted by Crippen LogP contribution is 2.35. The van der Waals surface area contributed by atoms with Crippen LogP contribution in [0.25, 0.3) is 0 Å². The maximum Gasteiger partial charge on any atom is 0.309 e. The van der Waals surface area contributed by atoms with Gasteiger partial charge in [-0.3, -0.25) is 4.79 Å². The van der Waals surface area contributed by atoms with Crippen LogP contribution in [0.2, 0.25) is 0 Å². The maximum absolute atomic E-state index is 11.8. The van der Waals surface area contributed by atoms with Crippen molar-refractivity contribution in [2.75, 3.05) is 0 Å². The van der Waals surface area contributed by atoms with E-state index in [0.29, 0.717) is 0 Å². The van der Waals surface area contributed by atoms with Gasteiger partial charge in [-0.1, -0.05) is 45.4 Å². The molecule has 2 rings (SSSR count). The standard InChI is InChI=1S/C17H30O2/c1-3-4-14-6-8-15(9-7-14)10-12-16-11-5-13(2)19-17(16)18/h13-16H,3-12H2,1-2H3. The molecule has 0 aromatic heterocycles. The minimum atomic E-state index is 0.0680. The highest BCUT2D eigenvalue weighted by molar-refractivity contribution is 5.73. The first kappa shape index (κ1) is 14.9. The van der Waals surface area contributed by atoms with Crippen molar-refractivity contribution in [1.29, 1.82) is 0 Å². The second kappa shape index (κ2) is 7.31. The van der Waals surface area contributed by atoms with Crippen molar-refractivity contribution in [3.63, 3.8) is 0 Å². The number of hydrogen-bond acceptors (Lipinski definition) is 2. The number of cyclic esters (lactones) is 1. The van der Waals surface area contributed by atoms with Gasteiger partial charge in [-0.2, -0.15) is 0 Å². The van der Waals surface area contributed by atoms with Crippen molar-refractivity contribution in [3.05, 3.63) is 0 Å². The zero-order valence-corrected chi connectivity index (χ0v) is 12.7. The quantitative estimate of drug-likeness (QED) is 0.673. The Morgan fingerprint density at radius 1 is 0.947 bits per heavy atom. The molecular formula is C17H30O2. The molecule has 2 nitrogen and oxygen atoms in total. The predicted molar refractivity (Wildman–Crippen MR) is 77.9 cm³/mol. The van der Waals surface area contributed by atoms with Gasteiger partial charge in [0.2, 0.25) is 0 Å². The average molecular weight is 266 g/mol. The molecule has 2 heteroatoms. The molecular weight excluding hydrogens is 236 g/mol. The van der Waals surface area contributed by atoms with Gasteiger partial charge in [-0.25, -0.2) is 0 Å². The third-order valence-corrected chi connectivity index (χ3v) is 5.16. The van der Waals surface area contributed by atoms with Crippen LogP contribution in [0.15, 0.2) is 0 Å².